The van der Waals surface area contributed by atoms with E-state index < -0.39 is 9.84 Å². The van der Waals surface area contributed by atoms with Gasteiger partial charge in [0.25, 0.3) is 0 Å². The number of Topliss-reactive ketones (excluding diaryl/α,β-unsaturated/α-hetero) is 1. The molecule has 0 amide bonds. The van der Waals surface area contributed by atoms with E-state index in [0.29, 0.717) is 10.0 Å². The molecule has 3 nitrogen and oxygen atoms in total. The van der Waals surface area contributed by atoms with Crippen molar-refractivity contribution in [2.24, 2.45) is 0 Å². The summed E-state index contributed by atoms with van der Waals surface area (Å²) in [7, 11) is -3.42. The lowest BCUT2D eigenvalue weighted by Crippen LogP contribution is -2.17. The van der Waals surface area contributed by atoms with Crippen molar-refractivity contribution < 1.29 is 13.2 Å². The summed E-state index contributed by atoms with van der Waals surface area (Å²) in [6.07, 6.45) is 0. The van der Waals surface area contributed by atoms with Crippen LogP contribution < -0.4 is 0 Å². The van der Waals surface area contributed by atoms with Gasteiger partial charge in [0.05, 0.1) is 4.90 Å². The first-order chi connectivity index (χ1) is 7.06. The molecule has 0 radical (unpaired) electrons. The molecule has 5 heteroatoms. The van der Waals surface area contributed by atoms with Gasteiger partial charge in [-0.25, -0.2) is 8.42 Å². The van der Waals surface area contributed by atoms with Crippen LogP contribution in [0.15, 0.2) is 40.1 Å². The van der Waals surface area contributed by atoms with Crippen molar-refractivity contribution in [2.75, 3.05) is 4.43 Å². The number of halogens is 1. The summed E-state index contributed by atoms with van der Waals surface area (Å²) < 4.78 is 23.9. The fraction of sp³-hybridized carbons (Fsp3) is 0.100. The first kappa shape index (κ1) is 10.8. The topological polar surface area (TPSA) is 51.2 Å². The van der Waals surface area contributed by atoms with Crippen LogP contribution in [0.5, 0.6) is 0 Å². The summed E-state index contributed by atoms with van der Waals surface area (Å²) in [5.74, 6) is -0.185. The number of hydrogen-bond acceptors (Lipinski definition) is 3. The maximum Gasteiger partial charge on any atom is 0.200 e. The normalized spacial score (nSPS) is 18.2. The lowest BCUT2D eigenvalue weighted by molar-refractivity contribution is 0.103. The number of hydrogen-bond donors (Lipinski definition) is 0. The third kappa shape index (κ3) is 1.74. The SMILES string of the molecule is O=C1C(CI)=CS(=O)(=O)c2ccccc21. The van der Waals surface area contributed by atoms with Gasteiger partial charge in [-0.3, -0.25) is 4.79 Å². The average molecular weight is 334 g/mol. The molecule has 78 valence electrons. The molecule has 0 atom stereocenters. The van der Waals surface area contributed by atoms with Crippen LogP contribution in [0.4, 0.5) is 0 Å². The van der Waals surface area contributed by atoms with Gasteiger partial charge in [-0.2, -0.15) is 0 Å². The van der Waals surface area contributed by atoms with Crippen molar-refractivity contribution in [3.05, 3.63) is 40.8 Å². The number of ketones is 1. The average Bonchev–Trinajstić information content (AvgIpc) is 2.24. The monoisotopic (exact) mass is 334 g/mol. The third-order valence-corrected chi connectivity index (χ3v) is 4.56. The number of rotatable bonds is 1. The van der Waals surface area contributed by atoms with E-state index in [0.717, 1.165) is 5.41 Å². The van der Waals surface area contributed by atoms with Crippen molar-refractivity contribution in [2.45, 2.75) is 4.90 Å². The summed E-state index contributed by atoms with van der Waals surface area (Å²) in [6, 6.07) is 6.30. The van der Waals surface area contributed by atoms with Crippen LogP contribution in [0.3, 0.4) is 0 Å². The van der Waals surface area contributed by atoms with Gasteiger partial charge in [0.2, 0.25) is 9.84 Å². The van der Waals surface area contributed by atoms with Crippen molar-refractivity contribution in [1.82, 2.24) is 0 Å². The summed E-state index contributed by atoms with van der Waals surface area (Å²) in [4.78, 5) is 11.9. The molecule has 1 heterocycles. The van der Waals surface area contributed by atoms with Gasteiger partial charge in [-0.05, 0) is 12.1 Å². The molecule has 2 rings (SSSR count). The summed E-state index contributed by atoms with van der Waals surface area (Å²) in [6.45, 7) is 0. The number of allylic oxidation sites excluding steroid dienone is 1. The molecule has 0 aromatic heterocycles. The molecular formula is C10H7IO3S. The highest BCUT2D eigenvalue weighted by Gasteiger charge is 2.28. The van der Waals surface area contributed by atoms with E-state index in [9.17, 15) is 13.2 Å². The molecule has 0 unspecified atom stereocenters. The summed E-state index contributed by atoms with van der Waals surface area (Å²) in [5.41, 5.74) is 0.626. The smallest absolute Gasteiger partial charge is 0.200 e. The lowest BCUT2D eigenvalue weighted by atomic mass is 10.1. The van der Waals surface area contributed by atoms with E-state index in [1.165, 1.54) is 6.07 Å². The number of carbonyl (C=O) groups excluding carboxylic acids is 1. The lowest BCUT2D eigenvalue weighted by Gasteiger charge is -2.13. The van der Waals surface area contributed by atoms with Crippen molar-refractivity contribution in [3.63, 3.8) is 0 Å². The Labute approximate surface area is 101 Å². The highest BCUT2D eigenvalue weighted by molar-refractivity contribution is 14.1. The quantitative estimate of drug-likeness (QED) is 0.583. The Hall–Kier alpha value is -0.690. The number of alkyl halides is 1. The van der Waals surface area contributed by atoms with Gasteiger partial charge in [0.15, 0.2) is 5.78 Å². The minimum atomic E-state index is -3.42. The van der Waals surface area contributed by atoms with Crippen LogP contribution in [-0.4, -0.2) is 18.6 Å². The second-order valence-electron chi connectivity index (χ2n) is 3.15. The van der Waals surface area contributed by atoms with Crippen LogP contribution in [0, 0.1) is 0 Å². The Morgan fingerprint density at radius 2 is 1.87 bits per heavy atom. The molecule has 15 heavy (non-hydrogen) atoms. The van der Waals surface area contributed by atoms with Gasteiger partial charge in [0.1, 0.15) is 0 Å². The van der Waals surface area contributed by atoms with Crippen LogP contribution in [-0.2, 0) is 9.84 Å². The molecule has 1 aliphatic rings. The first-order valence-corrected chi connectivity index (χ1v) is 7.29. The Balaban J connectivity index is 2.76. The number of carbonyl (C=O) groups is 1. The zero-order valence-electron chi connectivity index (χ0n) is 7.60. The predicted octanol–water partition coefficient (Wildman–Crippen LogP) is 1.98. The van der Waals surface area contributed by atoms with Gasteiger partial charge < -0.3 is 0 Å². The van der Waals surface area contributed by atoms with Crippen molar-refractivity contribution in [3.8, 4) is 0 Å². The fourth-order valence-electron chi connectivity index (χ4n) is 1.47. The standard InChI is InChI=1S/C10H7IO3S/c11-5-7-6-15(13,14)9-4-2-1-3-8(9)10(7)12/h1-4,6H,5H2. The predicted molar refractivity (Wildman–Crippen MR) is 64.9 cm³/mol. The molecule has 1 aromatic rings. The zero-order chi connectivity index (χ0) is 11.1. The third-order valence-electron chi connectivity index (χ3n) is 2.17. The minimum absolute atomic E-state index is 0.114. The maximum atomic E-state index is 11.8. The highest BCUT2D eigenvalue weighted by Crippen LogP contribution is 2.27. The Kier molecular flexibility index (Phi) is 2.68. The van der Waals surface area contributed by atoms with Gasteiger partial charge in [0, 0.05) is 21.0 Å². The highest BCUT2D eigenvalue weighted by atomic mass is 127. The Morgan fingerprint density at radius 1 is 1.20 bits per heavy atom. The first-order valence-electron chi connectivity index (χ1n) is 4.21. The molecule has 0 fully saturated rings. The minimum Gasteiger partial charge on any atom is -0.289 e. The van der Waals surface area contributed by atoms with Gasteiger partial charge in [-0.1, -0.05) is 34.7 Å². The molecule has 0 N–H and O–H groups in total. The molecule has 1 aliphatic heterocycles. The fourth-order valence-corrected chi connectivity index (χ4v) is 3.76. The van der Waals surface area contributed by atoms with E-state index in [1.807, 2.05) is 22.6 Å². The molecule has 0 saturated carbocycles. The van der Waals surface area contributed by atoms with E-state index in [1.54, 1.807) is 18.2 Å². The largest absolute Gasteiger partial charge is 0.289 e. The Morgan fingerprint density at radius 3 is 2.53 bits per heavy atom. The van der Waals surface area contributed by atoms with Crippen LogP contribution >= 0.6 is 22.6 Å². The Bertz CT molecular complexity index is 558. The van der Waals surface area contributed by atoms with Crippen LogP contribution in [0.1, 0.15) is 10.4 Å². The molecule has 0 saturated heterocycles. The summed E-state index contributed by atoms with van der Waals surface area (Å²) >= 11 is 1.98. The summed E-state index contributed by atoms with van der Waals surface area (Å²) in [5, 5.41) is 1.07. The van der Waals surface area contributed by atoms with Gasteiger partial charge >= 0.3 is 0 Å². The maximum absolute atomic E-state index is 11.8. The van der Waals surface area contributed by atoms with E-state index >= 15 is 0 Å². The number of benzene rings is 1. The van der Waals surface area contributed by atoms with Crippen LogP contribution in [0.2, 0.25) is 0 Å². The molecule has 0 aliphatic carbocycles. The van der Waals surface area contributed by atoms with Crippen LogP contribution in [0.25, 0.3) is 0 Å². The zero-order valence-corrected chi connectivity index (χ0v) is 10.6. The van der Waals surface area contributed by atoms with Gasteiger partial charge in [-0.15, -0.1) is 0 Å². The second-order valence-corrected chi connectivity index (χ2v) is 5.68. The van der Waals surface area contributed by atoms with Crippen molar-refractivity contribution >= 4 is 38.2 Å². The molecule has 1 aromatic carbocycles. The van der Waals surface area contributed by atoms with E-state index in [-0.39, 0.29) is 16.2 Å². The van der Waals surface area contributed by atoms with E-state index in [2.05, 4.69) is 0 Å². The van der Waals surface area contributed by atoms with E-state index in [4.69, 9.17) is 0 Å². The molecular weight excluding hydrogens is 327 g/mol. The molecule has 0 spiro atoms. The molecule has 0 bridgehead atoms. The number of fused-ring (bicyclic) bond motifs is 1. The second kappa shape index (κ2) is 3.71. The number of sulfone groups is 1. The van der Waals surface area contributed by atoms with Crippen molar-refractivity contribution in [1.29, 1.82) is 0 Å².